The molecule has 0 fully saturated rings. The number of alkyl carbamates (subject to hydrolysis) is 1. The van der Waals surface area contributed by atoms with Crippen LogP contribution in [0.2, 0.25) is 5.02 Å². The molecule has 0 radical (unpaired) electrons. The summed E-state index contributed by atoms with van der Waals surface area (Å²) in [5.74, 6) is -0.658. The third-order valence-electron chi connectivity index (χ3n) is 8.59. The van der Waals surface area contributed by atoms with Crippen LogP contribution in [-0.4, -0.2) is 49.5 Å². The standard InChI is InChI=1S/C41H36ClF4N5O7S2/c1-40(2,3)58-39(52)48-21-29-16-26(13-14-47-29)31-17-25(24-7-6-8-28(15-24)41(44,45)46)10-12-34(31)57-36-20-33(43)37(19-32(36)42)60(53,54)51(38-50-49-23-59-38)22-27-9-11-30(55-4)18-35(27)56-5/h6-20,23H,21-22H2,1-5H3,(H,48,52). The zero-order valence-electron chi connectivity index (χ0n) is 32.5. The van der Waals surface area contributed by atoms with E-state index in [1.165, 1.54) is 50.2 Å². The fourth-order valence-electron chi connectivity index (χ4n) is 5.81. The SMILES string of the molecule is COc1ccc(CN(c2nncs2)S(=O)(=O)c2cc(Cl)c(Oc3ccc(-c4cccc(C(F)(F)F)c4)cc3-c3ccnc(CNC(=O)OC(C)(C)C)c3)cc2F)c(OC)c1. The average Bonchev–Trinajstić information content (AvgIpc) is 3.74. The van der Waals surface area contributed by atoms with Gasteiger partial charge in [-0.25, -0.2) is 21.9 Å². The molecule has 1 amide bonds. The van der Waals surface area contributed by atoms with Gasteiger partial charge in [-0.3, -0.25) is 4.98 Å². The van der Waals surface area contributed by atoms with Crippen LogP contribution in [0, 0.1) is 5.82 Å². The number of carbonyl (C=O) groups is 1. The number of hydrogen-bond acceptors (Lipinski definition) is 11. The summed E-state index contributed by atoms with van der Waals surface area (Å²) in [7, 11) is -1.85. The summed E-state index contributed by atoms with van der Waals surface area (Å²) in [5, 5.41) is 9.96. The van der Waals surface area contributed by atoms with E-state index in [1.807, 2.05) is 0 Å². The molecule has 0 saturated heterocycles. The number of anilines is 1. The molecule has 0 spiro atoms. The summed E-state index contributed by atoms with van der Waals surface area (Å²) >= 11 is 7.56. The number of halogens is 5. The molecule has 0 aliphatic rings. The maximum Gasteiger partial charge on any atom is 0.416 e. The normalized spacial score (nSPS) is 11.8. The van der Waals surface area contributed by atoms with E-state index >= 15 is 4.39 Å². The largest absolute Gasteiger partial charge is 0.497 e. The van der Waals surface area contributed by atoms with Crippen molar-refractivity contribution >= 4 is 44.2 Å². The number of nitrogens with one attached hydrogen (secondary N) is 1. The van der Waals surface area contributed by atoms with E-state index in [2.05, 4.69) is 20.5 Å². The molecule has 1 N–H and O–H groups in total. The van der Waals surface area contributed by atoms with Gasteiger partial charge < -0.3 is 24.3 Å². The number of nitrogens with zero attached hydrogens (tertiary/aromatic N) is 4. The predicted octanol–water partition coefficient (Wildman–Crippen LogP) is 10.3. The number of hydrogen-bond donors (Lipinski definition) is 1. The van der Waals surface area contributed by atoms with E-state index in [0.29, 0.717) is 39.4 Å². The van der Waals surface area contributed by atoms with Gasteiger partial charge >= 0.3 is 12.3 Å². The fourth-order valence-corrected chi connectivity index (χ4v) is 8.33. The Kier molecular flexibility index (Phi) is 12.9. The van der Waals surface area contributed by atoms with Crippen LogP contribution in [0.25, 0.3) is 22.3 Å². The lowest BCUT2D eigenvalue weighted by Gasteiger charge is -2.23. The summed E-state index contributed by atoms with van der Waals surface area (Å²) in [4.78, 5) is 15.9. The highest BCUT2D eigenvalue weighted by molar-refractivity contribution is 7.93. The number of pyridine rings is 1. The van der Waals surface area contributed by atoms with Crippen molar-refractivity contribution in [1.82, 2.24) is 20.5 Å². The molecule has 314 valence electrons. The second-order valence-electron chi connectivity index (χ2n) is 13.9. The van der Waals surface area contributed by atoms with Gasteiger partial charge in [0.2, 0.25) is 5.13 Å². The van der Waals surface area contributed by atoms with Crippen molar-refractivity contribution in [2.24, 2.45) is 0 Å². The van der Waals surface area contributed by atoms with Gasteiger partial charge in [-0.2, -0.15) is 13.2 Å². The first-order chi connectivity index (χ1) is 28.4. The summed E-state index contributed by atoms with van der Waals surface area (Å²) < 4.78 is 109. The smallest absolute Gasteiger partial charge is 0.416 e. The summed E-state index contributed by atoms with van der Waals surface area (Å²) in [6.45, 7) is 4.77. The van der Waals surface area contributed by atoms with Crippen molar-refractivity contribution in [3.05, 3.63) is 124 Å². The summed E-state index contributed by atoms with van der Waals surface area (Å²) in [6.07, 6.45) is -3.82. The van der Waals surface area contributed by atoms with E-state index in [1.54, 1.807) is 57.2 Å². The van der Waals surface area contributed by atoms with Crippen LogP contribution in [0.15, 0.2) is 102 Å². The molecule has 6 rings (SSSR count). The Hall–Kier alpha value is -5.98. The Labute approximate surface area is 351 Å². The van der Waals surface area contributed by atoms with Gasteiger partial charge in [-0.05, 0) is 92.1 Å². The third-order valence-corrected chi connectivity index (χ3v) is 11.5. The fraction of sp³-hybridized carbons (Fsp3) is 0.220. The highest BCUT2D eigenvalue weighted by Crippen LogP contribution is 2.42. The number of benzene rings is 4. The number of rotatable bonds is 13. The minimum atomic E-state index is -4.72. The molecule has 19 heteroatoms. The molecular weight excluding hydrogens is 850 g/mol. The average molecular weight is 886 g/mol. The topological polar surface area (TPSA) is 142 Å². The quantitative estimate of drug-likeness (QED) is 0.111. The van der Waals surface area contributed by atoms with Gasteiger partial charge in [0.25, 0.3) is 10.0 Å². The molecule has 2 heterocycles. The van der Waals surface area contributed by atoms with Gasteiger partial charge in [-0.1, -0.05) is 41.1 Å². The van der Waals surface area contributed by atoms with Gasteiger partial charge in [0.15, 0.2) is 0 Å². The lowest BCUT2D eigenvalue weighted by molar-refractivity contribution is -0.137. The molecule has 2 aromatic heterocycles. The Bertz CT molecular complexity index is 2630. The number of sulfonamides is 1. The Morgan fingerprint density at radius 2 is 1.65 bits per heavy atom. The minimum Gasteiger partial charge on any atom is -0.497 e. The number of alkyl halides is 3. The number of amides is 1. The van der Waals surface area contributed by atoms with Crippen molar-refractivity contribution in [2.45, 2.75) is 50.5 Å². The molecule has 6 aromatic rings. The lowest BCUT2D eigenvalue weighted by Crippen LogP contribution is -2.32. The molecule has 12 nitrogen and oxygen atoms in total. The van der Waals surface area contributed by atoms with Crippen LogP contribution < -0.4 is 23.8 Å². The Morgan fingerprint density at radius 1 is 0.883 bits per heavy atom. The zero-order valence-corrected chi connectivity index (χ0v) is 34.9. The lowest BCUT2D eigenvalue weighted by atomic mass is 9.97. The van der Waals surface area contributed by atoms with Gasteiger partial charge in [0, 0.05) is 29.5 Å². The second kappa shape index (κ2) is 17.7. The van der Waals surface area contributed by atoms with Gasteiger partial charge in [0.05, 0.1) is 43.6 Å². The van der Waals surface area contributed by atoms with Gasteiger partial charge in [-0.15, -0.1) is 10.2 Å². The Balaban J connectivity index is 1.38. The molecular formula is C41H36ClF4N5O7S2. The van der Waals surface area contributed by atoms with Crippen molar-refractivity contribution in [2.75, 3.05) is 18.5 Å². The monoisotopic (exact) mass is 885 g/mol. The molecule has 60 heavy (non-hydrogen) atoms. The third kappa shape index (κ3) is 10.2. The predicted molar refractivity (Wildman–Crippen MR) is 217 cm³/mol. The first-order valence-electron chi connectivity index (χ1n) is 17.8. The number of carbonyl (C=O) groups excluding carboxylic acids is 1. The molecule has 0 saturated carbocycles. The van der Waals surface area contributed by atoms with Crippen molar-refractivity contribution in [3.63, 3.8) is 0 Å². The van der Waals surface area contributed by atoms with Crippen LogP contribution in [-0.2, 0) is 34.0 Å². The van der Waals surface area contributed by atoms with Crippen LogP contribution in [0.3, 0.4) is 0 Å². The number of methoxy groups -OCH3 is 2. The molecule has 0 bridgehead atoms. The first kappa shape index (κ1) is 43.6. The van der Waals surface area contributed by atoms with E-state index in [0.717, 1.165) is 39.9 Å². The summed E-state index contributed by atoms with van der Waals surface area (Å²) in [5.41, 5.74) is 1.89. The van der Waals surface area contributed by atoms with Crippen LogP contribution in [0.5, 0.6) is 23.0 Å². The molecule has 0 atom stereocenters. The molecule has 0 aliphatic carbocycles. The number of aromatic nitrogens is 3. The van der Waals surface area contributed by atoms with Crippen molar-refractivity contribution in [3.8, 4) is 45.3 Å². The van der Waals surface area contributed by atoms with Crippen molar-refractivity contribution < 1.29 is 49.7 Å². The van der Waals surface area contributed by atoms with Crippen molar-refractivity contribution in [1.29, 1.82) is 0 Å². The maximum atomic E-state index is 16.2. The molecule has 0 unspecified atom stereocenters. The number of ether oxygens (including phenoxy) is 4. The summed E-state index contributed by atoms with van der Waals surface area (Å²) in [6, 6.07) is 19.0. The minimum absolute atomic E-state index is 0.0431. The highest BCUT2D eigenvalue weighted by Gasteiger charge is 2.33. The molecule has 0 aliphatic heterocycles. The van der Waals surface area contributed by atoms with E-state index in [9.17, 15) is 26.4 Å². The maximum absolute atomic E-state index is 16.2. The zero-order chi connectivity index (χ0) is 43.4. The van der Waals surface area contributed by atoms with Crippen LogP contribution in [0.1, 0.15) is 37.6 Å². The van der Waals surface area contributed by atoms with E-state index in [-0.39, 0.29) is 40.3 Å². The second-order valence-corrected chi connectivity index (χ2v) is 17.0. The van der Waals surface area contributed by atoms with Crippen LogP contribution in [0.4, 0.5) is 27.5 Å². The van der Waals surface area contributed by atoms with E-state index in [4.69, 9.17) is 30.5 Å². The van der Waals surface area contributed by atoms with Crippen LogP contribution >= 0.6 is 22.9 Å². The van der Waals surface area contributed by atoms with E-state index < -0.39 is 44.2 Å². The Morgan fingerprint density at radius 3 is 2.33 bits per heavy atom. The van der Waals surface area contributed by atoms with Gasteiger partial charge in [0.1, 0.15) is 44.8 Å². The highest BCUT2D eigenvalue weighted by atomic mass is 35.5. The molecule has 4 aromatic carbocycles. The first-order valence-corrected chi connectivity index (χ1v) is 20.5.